The van der Waals surface area contributed by atoms with E-state index in [0.717, 1.165) is 54.5 Å². The highest BCUT2D eigenvalue weighted by atomic mass is 16.4. The molecule has 0 aromatic heterocycles. The number of nitrogens with zero attached hydrogens (tertiary/aromatic N) is 1. The summed E-state index contributed by atoms with van der Waals surface area (Å²) in [5.74, 6) is -0.782. The van der Waals surface area contributed by atoms with Crippen LogP contribution < -0.4 is 10.2 Å². The first-order valence-corrected chi connectivity index (χ1v) is 13.6. The molecule has 2 amide bonds. The third-order valence-electron chi connectivity index (χ3n) is 8.62. The quantitative estimate of drug-likeness (QED) is 0.424. The van der Waals surface area contributed by atoms with Crippen molar-refractivity contribution in [3.8, 4) is 11.1 Å². The van der Waals surface area contributed by atoms with Gasteiger partial charge in [-0.15, -0.1) is 0 Å². The van der Waals surface area contributed by atoms with Gasteiger partial charge in [-0.05, 0) is 66.5 Å². The number of carbonyl (C=O) groups excluding carboxylic acids is 2. The molecule has 3 aromatic rings. The van der Waals surface area contributed by atoms with Crippen molar-refractivity contribution in [2.24, 2.45) is 5.92 Å². The smallest absolute Gasteiger partial charge is 0.303 e. The monoisotopic (exact) mass is 508 g/mol. The SMILES string of the molecule is O=C(O)CCC(=O)NC1(C2c3ccccc3N(C(=O)c3ccc(-c4ccccc4)cc3)C3CCCC32)CC1. The van der Waals surface area contributed by atoms with Gasteiger partial charge in [-0.3, -0.25) is 14.4 Å². The molecule has 6 rings (SSSR count). The molecule has 2 fully saturated rings. The number of carbonyl (C=O) groups is 3. The van der Waals surface area contributed by atoms with E-state index in [4.69, 9.17) is 5.11 Å². The zero-order valence-corrected chi connectivity index (χ0v) is 21.3. The van der Waals surface area contributed by atoms with Crippen molar-refractivity contribution in [2.75, 3.05) is 4.90 Å². The van der Waals surface area contributed by atoms with Gasteiger partial charge in [0.15, 0.2) is 0 Å². The van der Waals surface area contributed by atoms with Crippen molar-refractivity contribution >= 4 is 23.5 Å². The first-order chi connectivity index (χ1) is 18.5. The first kappa shape index (κ1) is 24.4. The Kier molecular flexibility index (Phi) is 6.26. The van der Waals surface area contributed by atoms with Gasteiger partial charge in [0.05, 0.1) is 6.42 Å². The van der Waals surface area contributed by atoms with E-state index < -0.39 is 5.97 Å². The molecule has 6 nitrogen and oxygen atoms in total. The number of para-hydroxylation sites is 1. The van der Waals surface area contributed by atoms with E-state index >= 15 is 0 Å². The summed E-state index contributed by atoms with van der Waals surface area (Å²) in [5.41, 5.74) is 4.56. The summed E-state index contributed by atoms with van der Waals surface area (Å²) in [4.78, 5) is 39.8. The van der Waals surface area contributed by atoms with E-state index in [1.165, 1.54) is 0 Å². The number of hydrogen-bond donors (Lipinski definition) is 2. The number of aliphatic carboxylic acids is 1. The average Bonchev–Trinajstić information content (AvgIpc) is 3.55. The first-order valence-electron chi connectivity index (χ1n) is 13.6. The molecule has 6 heteroatoms. The predicted octanol–water partition coefficient (Wildman–Crippen LogP) is 5.78. The van der Waals surface area contributed by atoms with Crippen molar-refractivity contribution < 1.29 is 19.5 Å². The minimum Gasteiger partial charge on any atom is -0.481 e. The highest BCUT2D eigenvalue weighted by Gasteiger charge is 2.59. The van der Waals surface area contributed by atoms with E-state index in [1.54, 1.807) is 0 Å². The number of amides is 2. The number of carboxylic acids is 1. The van der Waals surface area contributed by atoms with Crippen molar-refractivity contribution in [1.29, 1.82) is 0 Å². The Morgan fingerprint density at radius 1 is 0.842 bits per heavy atom. The van der Waals surface area contributed by atoms with E-state index in [-0.39, 0.29) is 48.1 Å². The molecule has 3 atom stereocenters. The van der Waals surface area contributed by atoms with Crippen LogP contribution in [0.5, 0.6) is 0 Å². The summed E-state index contributed by atoms with van der Waals surface area (Å²) >= 11 is 0. The zero-order valence-electron chi connectivity index (χ0n) is 21.3. The van der Waals surface area contributed by atoms with Crippen LogP contribution in [-0.2, 0) is 9.59 Å². The molecule has 0 saturated heterocycles. The molecule has 38 heavy (non-hydrogen) atoms. The highest BCUT2D eigenvalue weighted by Crippen LogP contribution is 2.59. The summed E-state index contributed by atoms with van der Waals surface area (Å²) in [6.45, 7) is 0. The van der Waals surface area contributed by atoms with Gasteiger partial charge in [-0.25, -0.2) is 0 Å². The Balaban J connectivity index is 1.31. The number of anilines is 1. The highest BCUT2D eigenvalue weighted by molar-refractivity contribution is 6.07. The molecule has 2 saturated carbocycles. The van der Waals surface area contributed by atoms with Crippen LogP contribution >= 0.6 is 0 Å². The lowest BCUT2D eigenvalue weighted by Gasteiger charge is -2.47. The van der Waals surface area contributed by atoms with E-state index in [0.29, 0.717) is 5.56 Å². The second kappa shape index (κ2) is 9.75. The zero-order chi connectivity index (χ0) is 26.3. The molecule has 2 aliphatic carbocycles. The Labute approximate surface area is 222 Å². The maximum atomic E-state index is 14.1. The van der Waals surface area contributed by atoms with Crippen molar-refractivity contribution in [3.63, 3.8) is 0 Å². The Bertz CT molecular complexity index is 1360. The van der Waals surface area contributed by atoms with Crippen LogP contribution in [0.4, 0.5) is 5.69 Å². The fraction of sp³-hybridized carbons (Fsp3) is 0.344. The summed E-state index contributed by atoms with van der Waals surface area (Å²) in [7, 11) is 0. The number of benzene rings is 3. The van der Waals surface area contributed by atoms with Gasteiger partial charge in [-0.1, -0.05) is 67.1 Å². The maximum Gasteiger partial charge on any atom is 0.303 e. The lowest BCUT2D eigenvalue weighted by Crippen LogP contribution is -2.53. The van der Waals surface area contributed by atoms with Gasteiger partial charge in [0.1, 0.15) is 0 Å². The van der Waals surface area contributed by atoms with Crippen LogP contribution in [0.2, 0.25) is 0 Å². The van der Waals surface area contributed by atoms with Crippen molar-refractivity contribution in [1.82, 2.24) is 5.32 Å². The van der Waals surface area contributed by atoms with Crippen LogP contribution in [0.25, 0.3) is 11.1 Å². The van der Waals surface area contributed by atoms with Crippen molar-refractivity contribution in [3.05, 3.63) is 90.0 Å². The molecule has 3 unspecified atom stereocenters. The molecule has 1 heterocycles. The number of fused-ring (bicyclic) bond motifs is 2. The van der Waals surface area contributed by atoms with Crippen LogP contribution in [0.3, 0.4) is 0 Å². The lowest BCUT2D eigenvalue weighted by atomic mass is 9.72. The summed E-state index contributed by atoms with van der Waals surface area (Å²) in [6.07, 6.45) is 4.56. The molecule has 3 aromatic carbocycles. The average molecular weight is 509 g/mol. The van der Waals surface area contributed by atoms with E-state index in [9.17, 15) is 14.4 Å². The van der Waals surface area contributed by atoms with Gasteiger partial charge >= 0.3 is 5.97 Å². The summed E-state index contributed by atoms with van der Waals surface area (Å²) in [6, 6.07) is 26.2. The summed E-state index contributed by atoms with van der Waals surface area (Å²) < 4.78 is 0. The van der Waals surface area contributed by atoms with Crippen molar-refractivity contribution in [2.45, 2.75) is 62.4 Å². The Morgan fingerprint density at radius 3 is 2.24 bits per heavy atom. The predicted molar refractivity (Wildman–Crippen MR) is 146 cm³/mol. The van der Waals surface area contributed by atoms with Crippen LogP contribution in [0.15, 0.2) is 78.9 Å². The molecule has 0 spiro atoms. The minimum absolute atomic E-state index is 0.0108. The van der Waals surface area contributed by atoms with Gasteiger partial charge in [0, 0.05) is 35.2 Å². The molecule has 2 N–H and O–H groups in total. The second-order valence-electron chi connectivity index (χ2n) is 10.9. The molecule has 1 aliphatic heterocycles. The fourth-order valence-corrected chi connectivity index (χ4v) is 6.81. The molecular weight excluding hydrogens is 476 g/mol. The number of carboxylic acid groups (broad SMARTS) is 1. The standard InChI is InChI=1S/C32H32N2O4/c35-28(17-18-29(36)37)33-32(19-20-32)30-24-9-4-5-11-26(24)34(27-12-6-10-25(27)30)31(38)23-15-13-22(14-16-23)21-7-2-1-3-8-21/h1-5,7-9,11,13-16,25,27,30H,6,10,12,17-20H2,(H,33,35)(H,36,37). The van der Waals surface area contributed by atoms with Gasteiger partial charge in [-0.2, -0.15) is 0 Å². The number of rotatable bonds is 7. The lowest BCUT2D eigenvalue weighted by molar-refractivity contribution is -0.139. The minimum atomic E-state index is -0.963. The van der Waals surface area contributed by atoms with Gasteiger partial charge in [0.2, 0.25) is 5.91 Å². The molecule has 3 aliphatic rings. The van der Waals surface area contributed by atoms with Gasteiger partial charge in [0.25, 0.3) is 5.91 Å². The largest absolute Gasteiger partial charge is 0.481 e. The summed E-state index contributed by atoms with van der Waals surface area (Å²) in [5, 5.41) is 12.2. The van der Waals surface area contributed by atoms with Gasteiger partial charge < -0.3 is 15.3 Å². The fourth-order valence-electron chi connectivity index (χ4n) is 6.81. The molecule has 0 radical (unpaired) electrons. The normalized spacial score (nSPS) is 22.7. The second-order valence-corrected chi connectivity index (χ2v) is 10.9. The van der Waals surface area contributed by atoms with E-state index in [2.05, 4.69) is 23.5 Å². The Hall–Kier alpha value is -3.93. The number of nitrogens with one attached hydrogen (secondary N) is 1. The van der Waals surface area contributed by atoms with Crippen LogP contribution in [0.1, 0.15) is 66.8 Å². The number of hydrogen-bond acceptors (Lipinski definition) is 3. The van der Waals surface area contributed by atoms with Crippen LogP contribution in [0, 0.1) is 5.92 Å². The topological polar surface area (TPSA) is 86.7 Å². The third-order valence-corrected chi connectivity index (χ3v) is 8.62. The Morgan fingerprint density at radius 2 is 1.53 bits per heavy atom. The van der Waals surface area contributed by atoms with E-state index in [1.807, 2.05) is 65.6 Å². The molecular formula is C32H32N2O4. The third kappa shape index (κ3) is 4.38. The molecule has 0 bridgehead atoms. The molecule has 194 valence electrons. The maximum absolute atomic E-state index is 14.1. The van der Waals surface area contributed by atoms with Crippen LogP contribution in [-0.4, -0.2) is 34.5 Å².